The van der Waals surface area contributed by atoms with Crippen molar-refractivity contribution in [1.82, 2.24) is 15.2 Å². The number of hydrogen-bond donors (Lipinski definition) is 1. The summed E-state index contributed by atoms with van der Waals surface area (Å²) in [5.41, 5.74) is 2.78. The minimum absolute atomic E-state index is 0.179. The van der Waals surface area contributed by atoms with Crippen molar-refractivity contribution in [2.75, 3.05) is 13.7 Å². The van der Waals surface area contributed by atoms with Gasteiger partial charge in [0.15, 0.2) is 5.11 Å². The first-order valence-electron chi connectivity index (χ1n) is 10.4. The van der Waals surface area contributed by atoms with Crippen molar-refractivity contribution in [3.63, 3.8) is 0 Å². The van der Waals surface area contributed by atoms with Gasteiger partial charge in [0.1, 0.15) is 17.6 Å². The van der Waals surface area contributed by atoms with Gasteiger partial charge < -0.3 is 19.4 Å². The molecular weight excluding hydrogens is 446 g/mol. The summed E-state index contributed by atoms with van der Waals surface area (Å²) in [5.74, 6) is 1.27. The molecule has 8 heteroatoms. The van der Waals surface area contributed by atoms with Crippen molar-refractivity contribution in [3.8, 4) is 11.3 Å². The lowest BCUT2D eigenvalue weighted by molar-refractivity contribution is -0.140. The Morgan fingerprint density at radius 2 is 2.09 bits per heavy atom. The SMILES string of the molecule is COC(=O)CCCN1C(=S)N[C@H](c2ccccn2)[C@@H]1c1ccc(-c2cccc(Cl)c2C)o1. The summed E-state index contributed by atoms with van der Waals surface area (Å²) in [4.78, 5) is 18.2. The summed E-state index contributed by atoms with van der Waals surface area (Å²) in [5, 5.41) is 4.69. The molecule has 1 aromatic carbocycles. The molecule has 0 unspecified atom stereocenters. The zero-order valence-electron chi connectivity index (χ0n) is 17.9. The average Bonchev–Trinajstić information content (AvgIpc) is 3.41. The van der Waals surface area contributed by atoms with Crippen LogP contribution >= 0.6 is 23.8 Å². The van der Waals surface area contributed by atoms with Crippen LogP contribution in [0.5, 0.6) is 0 Å². The van der Waals surface area contributed by atoms with Crippen LogP contribution in [-0.4, -0.2) is 34.6 Å². The fourth-order valence-electron chi connectivity index (χ4n) is 3.98. The highest BCUT2D eigenvalue weighted by molar-refractivity contribution is 7.80. The molecule has 0 amide bonds. The van der Waals surface area contributed by atoms with E-state index in [4.69, 9.17) is 33.0 Å². The Labute approximate surface area is 197 Å². The topological polar surface area (TPSA) is 67.6 Å². The molecule has 3 aromatic rings. The molecule has 0 bridgehead atoms. The first-order chi connectivity index (χ1) is 15.5. The lowest BCUT2D eigenvalue weighted by Crippen LogP contribution is -2.30. The number of methoxy groups -OCH3 is 1. The van der Waals surface area contributed by atoms with E-state index in [1.54, 1.807) is 6.20 Å². The van der Waals surface area contributed by atoms with Gasteiger partial charge in [0.25, 0.3) is 0 Å². The van der Waals surface area contributed by atoms with E-state index < -0.39 is 0 Å². The number of rotatable bonds is 7. The summed E-state index contributed by atoms with van der Waals surface area (Å²) >= 11 is 12.0. The number of thiocarbonyl (C=S) groups is 1. The Bertz CT molecular complexity index is 1120. The summed E-state index contributed by atoms with van der Waals surface area (Å²) < 4.78 is 11.1. The average molecular weight is 470 g/mol. The van der Waals surface area contributed by atoms with Crippen LogP contribution < -0.4 is 5.32 Å². The van der Waals surface area contributed by atoms with Gasteiger partial charge >= 0.3 is 5.97 Å². The Morgan fingerprint density at radius 1 is 1.25 bits per heavy atom. The largest absolute Gasteiger partial charge is 0.469 e. The van der Waals surface area contributed by atoms with Gasteiger partial charge in [-0.2, -0.15) is 0 Å². The Morgan fingerprint density at radius 3 is 2.84 bits per heavy atom. The number of halogens is 1. The zero-order valence-corrected chi connectivity index (χ0v) is 19.4. The van der Waals surface area contributed by atoms with Crippen molar-refractivity contribution in [1.29, 1.82) is 0 Å². The molecule has 6 nitrogen and oxygen atoms in total. The molecular formula is C24H24ClN3O3S. The zero-order chi connectivity index (χ0) is 22.7. The molecule has 1 N–H and O–H groups in total. The van der Waals surface area contributed by atoms with Crippen LogP contribution in [0.25, 0.3) is 11.3 Å². The molecule has 0 spiro atoms. The highest BCUT2D eigenvalue weighted by Crippen LogP contribution is 2.41. The van der Waals surface area contributed by atoms with E-state index in [-0.39, 0.29) is 18.1 Å². The van der Waals surface area contributed by atoms with Crippen molar-refractivity contribution < 1.29 is 13.9 Å². The molecule has 3 heterocycles. The fourth-order valence-corrected chi connectivity index (χ4v) is 4.49. The number of pyridine rings is 1. The van der Waals surface area contributed by atoms with E-state index in [9.17, 15) is 4.79 Å². The predicted molar refractivity (Wildman–Crippen MR) is 127 cm³/mol. The van der Waals surface area contributed by atoms with Gasteiger partial charge in [-0.3, -0.25) is 9.78 Å². The van der Waals surface area contributed by atoms with Gasteiger partial charge in [0.05, 0.1) is 18.8 Å². The maximum atomic E-state index is 11.6. The third-order valence-corrected chi connectivity index (χ3v) is 6.42. The van der Waals surface area contributed by atoms with Gasteiger partial charge in [0, 0.05) is 29.7 Å². The summed E-state index contributed by atoms with van der Waals surface area (Å²) in [6.07, 6.45) is 2.70. The first kappa shape index (κ1) is 22.3. The van der Waals surface area contributed by atoms with E-state index in [0.29, 0.717) is 29.5 Å². The molecule has 1 saturated heterocycles. The molecule has 2 atom stereocenters. The first-order valence-corrected chi connectivity index (χ1v) is 11.2. The number of benzene rings is 1. The van der Waals surface area contributed by atoms with E-state index in [2.05, 4.69) is 15.2 Å². The number of carbonyl (C=O) groups excluding carboxylic acids is 1. The molecule has 166 valence electrons. The smallest absolute Gasteiger partial charge is 0.305 e. The second-order valence-corrected chi connectivity index (χ2v) is 8.41. The minimum atomic E-state index is -0.238. The maximum absolute atomic E-state index is 11.6. The Hall–Kier alpha value is -2.90. The van der Waals surface area contributed by atoms with Crippen LogP contribution in [0.4, 0.5) is 0 Å². The molecule has 1 aliphatic heterocycles. The molecule has 0 aliphatic carbocycles. The van der Waals surface area contributed by atoms with Gasteiger partial charge in [-0.1, -0.05) is 29.8 Å². The lowest BCUT2D eigenvalue weighted by atomic mass is 10.0. The standard InChI is InChI=1S/C24H24ClN3O3S/c1-15-16(7-5-8-17(15)25)19-11-12-20(31-19)23-22(18-9-3-4-13-26-18)27-24(32)28(23)14-6-10-21(29)30-2/h3-5,7-9,11-13,22-23H,6,10,14H2,1-2H3,(H,27,32)/t22-,23+/m1/s1. The van der Waals surface area contributed by atoms with E-state index in [0.717, 1.165) is 28.3 Å². The number of nitrogens with one attached hydrogen (secondary N) is 1. The molecule has 0 radical (unpaired) electrons. The molecule has 1 aliphatic rings. The van der Waals surface area contributed by atoms with Crippen LogP contribution in [0.1, 0.15) is 41.9 Å². The summed E-state index contributed by atoms with van der Waals surface area (Å²) in [6.45, 7) is 2.56. The maximum Gasteiger partial charge on any atom is 0.305 e. The Balaban J connectivity index is 1.67. The monoisotopic (exact) mass is 469 g/mol. The number of ether oxygens (including phenoxy) is 1. The molecule has 0 saturated carbocycles. The van der Waals surface area contributed by atoms with E-state index in [1.165, 1.54) is 7.11 Å². The van der Waals surface area contributed by atoms with Crippen LogP contribution in [0.3, 0.4) is 0 Å². The molecule has 32 heavy (non-hydrogen) atoms. The van der Waals surface area contributed by atoms with Gasteiger partial charge in [0.2, 0.25) is 0 Å². The molecule has 2 aromatic heterocycles. The highest BCUT2D eigenvalue weighted by atomic mass is 35.5. The highest BCUT2D eigenvalue weighted by Gasteiger charge is 2.41. The van der Waals surface area contributed by atoms with E-state index >= 15 is 0 Å². The summed E-state index contributed by atoms with van der Waals surface area (Å²) in [6, 6.07) is 15.1. The van der Waals surface area contributed by atoms with E-state index in [1.807, 2.05) is 55.5 Å². The quantitative estimate of drug-likeness (QED) is 0.375. The van der Waals surface area contributed by atoms with Crippen LogP contribution in [0.15, 0.2) is 59.1 Å². The number of aromatic nitrogens is 1. The van der Waals surface area contributed by atoms with Gasteiger partial charge in [-0.05, 0) is 61.5 Å². The van der Waals surface area contributed by atoms with Crippen LogP contribution in [-0.2, 0) is 9.53 Å². The number of hydrogen-bond acceptors (Lipinski definition) is 5. The predicted octanol–water partition coefficient (Wildman–Crippen LogP) is 5.23. The molecule has 4 rings (SSSR count). The number of carbonyl (C=O) groups is 1. The van der Waals surface area contributed by atoms with Crippen LogP contribution in [0, 0.1) is 6.92 Å². The van der Waals surface area contributed by atoms with Crippen molar-refractivity contribution in [2.24, 2.45) is 0 Å². The minimum Gasteiger partial charge on any atom is -0.469 e. The van der Waals surface area contributed by atoms with Gasteiger partial charge in [-0.25, -0.2) is 0 Å². The number of furan rings is 1. The van der Waals surface area contributed by atoms with Gasteiger partial charge in [-0.15, -0.1) is 0 Å². The second kappa shape index (κ2) is 9.71. The fraction of sp³-hybridized carbons (Fsp3) is 0.292. The van der Waals surface area contributed by atoms with Crippen molar-refractivity contribution >= 4 is 34.9 Å². The third kappa shape index (κ3) is 4.49. The molecule has 1 fully saturated rings. The van der Waals surface area contributed by atoms with Crippen molar-refractivity contribution in [3.05, 3.63) is 76.8 Å². The van der Waals surface area contributed by atoms with Crippen LogP contribution in [0.2, 0.25) is 5.02 Å². The Kier molecular flexibility index (Phi) is 6.77. The number of nitrogens with zero attached hydrogens (tertiary/aromatic N) is 2. The third-order valence-electron chi connectivity index (χ3n) is 5.66. The number of esters is 1. The van der Waals surface area contributed by atoms with Crippen molar-refractivity contribution in [2.45, 2.75) is 31.8 Å². The summed E-state index contributed by atoms with van der Waals surface area (Å²) in [7, 11) is 1.40. The lowest BCUT2D eigenvalue weighted by Gasteiger charge is -2.26. The second-order valence-electron chi connectivity index (χ2n) is 7.61. The normalized spacial score (nSPS) is 18.0.